The van der Waals surface area contributed by atoms with Gasteiger partial charge in [0, 0.05) is 19.8 Å². The second kappa shape index (κ2) is 45.9. The molecule has 3 fully saturated rings. The van der Waals surface area contributed by atoms with E-state index in [1.165, 1.54) is 11.1 Å². The smallest absolute Gasteiger partial charge is 0.390 e. The van der Waals surface area contributed by atoms with Crippen molar-refractivity contribution in [1.82, 2.24) is 0 Å². The maximum Gasteiger partial charge on any atom is 1.00 e. The Morgan fingerprint density at radius 1 is 0.500 bits per heavy atom. The Labute approximate surface area is 496 Å². The number of benzene rings is 2. The molecule has 17 nitrogen and oxygen atoms in total. The van der Waals surface area contributed by atoms with Gasteiger partial charge in [0.2, 0.25) is 0 Å². The standard InChI is InChI=1S/C20H32O3.C19H29O3.C10H19O5.CH4.HI.2Na.2O3S/c1-5-7-13-21-20-19(16(4)15(3)18(6-2)23-20)22-14-17-11-9-8-10-12-17;1-5-6-12-20-19-18(15(3)14(2)16(4)22-19)21-13-17-10-8-7-9-11-17;1-3-4-5-14-10-9(13)8(12)7(11)6(2)15-10;;;;;2*1-4(2)3/h8-12,15-16,18-20H,5-7,13-14H2,1-4H3;7-11,14-16,18-19H,4-6,12-13H2,1-3H3;6-13H,2-5H2,1H3;1H4;1H;;;;/q;2*-1;;;2*+1;;/t15-,16-,18+,19+,20-;14-,15-,16+,18+,19-;6-,7-,8+,9-,10+;;;;;;/m001....../s1. The zero-order chi connectivity index (χ0) is 51.2. The number of aliphatic hydroxyl groups excluding tert-OH is 3. The summed E-state index contributed by atoms with van der Waals surface area (Å²) in [5, 5.41) is 28.3. The van der Waals surface area contributed by atoms with Gasteiger partial charge in [-0.1, -0.05) is 149 Å². The molecule has 3 N–H and O–H groups in total. The third kappa shape index (κ3) is 31.4. The van der Waals surface area contributed by atoms with E-state index in [4.69, 9.17) is 63.1 Å². The van der Waals surface area contributed by atoms with Crippen LogP contribution in [-0.2, 0) is 72.3 Å². The maximum absolute atomic E-state index is 9.54. The molecule has 0 amide bonds. The molecule has 0 aromatic heterocycles. The molecular formula is C50H85INa2O17S2. The van der Waals surface area contributed by atoms with E-state index in [9.17, 15) is 15.3 Å². The minimum Gasteiger partial charge on any atom is -0.390 e. The number of halogens is 1. The predicted molar refractivity (Wildman–Crippen MR) is 276 cm³/mol. The Bertz CT molecular complexity index is 1770. The number of rotatable bonds is 19. The summed E-state index contributed by atoms with van der Waals surface area (Å²) in [6.07, 6.45) is 1.42. The zero-order valence-electron chi connectivity index (χ0n) is 43.6. The van der Waals surface area contributed by atoms with Gasteiger partial charge < -0.3 is 67.1 Å². The number of hydrogen-bond donors (Lipinski definition) is 3. The topological polar surface area (TPSA) is 237 Å². The van der Waals surface area contributed by atoms with Crippen LogP contribution in [0.2, 0.25) is 0 Å². The van der Waals surface area contributed by atoms with Crippen molar-refractivity contribution < 1.29 is 138 Å². The minimum atomic E-state index is -3.11. The van der Waals surface area contributed by atoms with E-state index >= 15 is 0 Å². The predicted octanol–water partition coefficient (Wildman–Crippen LogP) is 1.71. The van der Waals surface area contributed by atoms with Crippen LogP contribution in [0.25, 0.3) is 0 Å². The Kier molecular flexibility index (Phi) is 50.1. The van der Waals surface area contributed by atoms with E-state index in [0.29, 0.717) is 50.1 Å². The Morgan fingerprint density at radius 3 is 1.22 bits per heavy atom. The van der Waals surface area contributed by atoms with E-state index in [2.05, 4.69) is 86.6 Å². The summed E-state index contributed by atoms with van der Waals surface area (Å²) in [6.45, 7) is 28.2. The van der Waals surface area contributed by atoms with Gasteiger partial charge in [-0.15, -0.1) is 49.2 Å². The monoisotopic (exact) mass is 1190 g/mol. The first-order valence-electron chi connectivity index (χ1n) is 23.7. The zero-order valence-corrected chi connectivity index (χ0v) is 51.6. The van der Waals surface area contributed by atoms with Crippen molar-refractivity contribution in [3.05, 3.63) is 85.6 Å². The van der Waals surface area contributed by atoms with Gasteiger partial charge in [0.25, 0.3) is 0 Å². The van der Waals surface area contributed by atoms with Crippen LogP contribution in [0.3, 0.4) is 0 Å². The molecule has 2 aromatic carbocycles. The van der Waals surface area contributed by atoms with Crippen molar-refractivity contribution >= 4 is 45.2 Å². The molecule has 0 aliphatic carbocycles. The second-order valence-corrected chi connectivity index (χ2v) is 17.9. The first-order chi connectivity index (χ1) is 32.3. The summed E-state index contributed by atoms with van der Waals surface area (Å²) in [6, 6.07) is 20.5. The number of hydrogen-bond acceptors (Lipinski definition) is 17. The van der Waals surface area contributed by atoms with E-state index < -0.39 is 51.9 Å². The molecule has 15 atom stereocenters. The van der Waals surface area contributed by atoms with Crippen LogP contribution < -0.4 is 59.1 Å². The fraction of sp³-hybridized carbons (Fsp3) is 0.720. The average molecular weight is 1200 g/mol. The third-order valence-electron chi connectivity index (χ3n) is 12.0. The molecule has 0 radical (unpaired) electrons. The molecule has 72 heavy (non-hydrogen) atoms. The van der Waals surface area contributed by atoms with E-state index in [1.807, 2.05) is 43.3 Å². The number of unbranched alkanes of at least 4 members (excludes halogenated alkanes) is 3. The van der Waals surface area contributed by atoms with Crippen molar-refractivity contribution in [2.75, 3.05) is 19.8 Å². The molecular weight excluding hydrogens is 1110 g/mol. The van der Waals surface area contributed by atoms with E-state index in [-0.39, 0.29) is 128 Å². The molecule has 2 aromatic rings. The van der Waals surface area contributed by atoms with Crippen LogP contribution in [-0.4, -0.2) is 128 Å². The van der Waals surface area contributed by atoms with Crippen molar-refractivity contribution in [1.29, 1.82) is 0 Å². The normalized spacial score (nSPS) is 29.2. The van der Waals surface area contributed by atoms with Crippen LogP contribution in [0, 0.1) is 37.5 Å². The van der Waals surface area contributed by atoms with Crippen LogP contribution in [0.4, 0.5) is 0 Å². The molecule has 0 unspecified atom stereocenters. The summed E-state index contributed by atoms with van der Waals surface area (Å²) in [5.74, 6) is 1.61. The maximum atomic E-state index is 9.54. The molecule has 408 valence electrons. The van der Waals surface area contributed by atoms with Crippen molar-refractivity contribution in [3.63, 3.8) is 0 Å². The number of aliphatic hydroxyl groups is 3. The Hall–Kier alpha value is -0.0300. The van der Waals surface area contributed by atoms with Gasteiger partial charge in [-0.3, -0.25) is 0 Å². The SMILES string of the molecule is C.CCCCO[C@H]1O[C@H](CC)[C@@H](C)[C@H](C)[C@H]1OCc1ccccc1.I.O=S(=O)=O.O=S(=O)=O.[CH2-][C@H]1O[C@H](OCCCC)[C@H](O)[C@@H](O)[C@@H]1O.[CH2-][C@H]1O[C@H](OCCCC)[C@H](OCc2ccccc2)[C@@H](C)[C@@H]1C.[Na+].[Na+]. The van der Waals surface area contributed by atoms with Crippen LogP contribution in [0.5, 0.6) is 0 Å². The molecule has 5 rings (SSSR count). The molecule has 0 spiro atoms. The molecule has 3 saturated heterocycles. The van der Waals surface area contributed by atoms with Gasteiger partial charge in [-0.25, -0.2) is 0 Å². The van der Waals surface area contributed by atoms with Gasteiger partial charge in [-0.2, -0.15) is 0 Å². The van der Waals surface area contributed by atoms with Crippen LogP contribution >= 0.6 is 24.0 Å². The van der Waals surface area contributed by atoms with E-state index in [1.54, 1.807) is 0 Å². The summed E-state index contributed by atoms with van der Waals surface area (Å²) in [4.78, 5) is 0. The third-order valence-corrected chi connectivity index (χ3v) is 12.0. The molecule has 22 heteroatoms. The van der Waals surface area contributed by atoms with Crippen LogP contribution in [0.15, 0.2) is 60.7 Å². The minimum absolute atomic E-state index is 0. The molecule has 3 aliphatic rings. The van der Waals surface area contributed by atoms with Crippen molar-refractivity contribution in [2.24, 2.45) is 23.7 Å². The van der Waals surface area contributed by atoms with Gasteiger partial charge in [0.15, 0.2) is 18.9 Å². The molecule has 3 heterocycles. The molecule has 0 bridgehead atoms. The van der Waals surface area contributed by atoms with E-state index in [0.717, 1.165) is 51.6 Å². The first kappa shape index (κ1) is 78.5. The quantitative estimate of drug-likeness (QED) is 0.0786. The summed E-state index contributed by atoms with van der Waals surface area (Å²) >= 11 is 0. The number of ether oxygens (including phenoxy) is 8. The first-order valence-corrected chi connectivity index (χ1v) is 25.7. The Morgan fingerprint density at radius 2 is 0.847 bits per heavy atom. The van der Waals surface area contributed by atoms with Gasteiger partial charge >= 0.3 is 80.3 Å². The summed E-state index contributed by atoms with van der Waals surface area (Å²) in [5.41, 5.74) is 2.36. The largest absolute Gasteiger partial charge is 1.00 e. The van der Waals surface area contributed by atoms with Crippen molar-refractivity contribution in [3.8, 4) is 0 Å². The van der Waals surface area contributed by atoms with Gasteiger partial charge in [-0.05, 0) is 66.6 Å². The fourth-order valence-corrected chi connectivity index (χ4v) is 7.33. The van der Waals surface area contributed by atoms with Crippen LogP contribution in [0.1, 0.15) is 119 Å². The Balaban J connectivity index is -0.000000442. The summed E-state index contributed by atoms with van der Waals surface area (Å²) in [7, 11) is -6.22. The van der Waals surface area contributed by atoms with Crippen molar-refractivity contribution in [2.45, 2.75) is 189 Å². The fourth-order valence-electron chi connectivity index (χ4n) is 7.33. The summed E-state index contributed by atoms with van der Waals surface area (Å²) < 4.78 is 97.6. The molecule has 3 aliphatic heterocycles. The average Bonchev–Trinajstić information content (AvgIpc) is 3.31. The second-order valence-electron chi connectivity index (χ2n) is 17.0. The molecule has 0 saturated carbocycles. The van der Waals surface area contributed by atoms with Gasteiger partial charge in [0.1, 0.15) is 24.4 Å². The van der Waals surface area contributed by atoms with Gasteiger partial charge in [0.05, 0.1) is 25.4 Å².